The summed E-state index contributed by atoms with van der Waals surface area (Å²) in [6.07, 6.45) is 0.733. The molecule has 23 heavy (non-hydrogen) atoms. The van der Waals surface area contributed by atoms with Crippen LogP contribution in [-0.2, 0) is 4.74 Å². The molecule has 0 radical (unpaired) electrons. The first-order chi connectivity index (χ1) is 10.7. The van der Waals surface area contributed by atoms with Crippen molar-refractivity contribution in [1.82, 2.24) is 4.90 Å². The Kier molecular flexibility index (Phi) is 5.02. The molecule has 2 rings (SSSR count). The number of Topliss-reactive ketones (excluding diaryl/α,β-unsaturated/α-hetero) is 1. The van der Waals surface area contributed by atoms with Crippen molar-refractivity contribution in [3.8, 4) is 0 Å². The van der Waals surface area contributed by atoms with Crippen LogP contribution in [0.3, 0.4) is 0 Å². The molecule has 1 amide bonds. The first kappa shape index (κ1) is 17.4. The maximum Gasteiger partial charge on any atom is 0.410 e. The van der Waals surface area contributed by atoms with E-state index < -0.39 is 40.7 Å². The molecule has 0 N–H and O–H groups in total. The van der Waals surface area contributed by atoms with Crippen LogP contribution < -0.4 is 0 Å². The zero-order chi connectivity index (χ0) is 17.2. The minimum absolute atomic E-state index is 0.114. The van der Waals surface area contributed by atoms with E-state index >= 15 is 0 Å². The molecular weight excluding hydrogens is 304 g/mol. The fraction of sp³-hybridized carbons (Fsp3) is 0.529. The van der Waals surface area contributed by atoms with Crippen LogP contribution in [0.25, 0.3) is 0 Å². The highest BCUT2D eigenvalue weighted by Gasteiger charge is 2.34. The summed E-state index contributed by atoms with van der Waals surface area (Å²) in [5.74, 6) is -2.39. The van der Waals surface area contributed by atoms with Gasteiger partial charge in [0, 0.05) is 19.0 Å². The summed E-state index contributed by atoms with van der Waals surface area (Å²) in [6, 6.07) is 2.92. The van der Waals surface area contributed by atoms with Crippen LogP contribution in [0.2, 0.25) is 0 Å². The summed E-state index contributed by atoms with van der Waals surface area (Å²) in [4.78, 5) is 25.9. The number of benzene rings is 1. The zero-order valence-corrected chi connectivity index (χ0v) is 13.6. The summed E-state index contributed by atoms with van der Waals surface area (Å²) in [5, 5.41) is 0. The number of nitrogens with zero attached hydrogens (tertiary/aromatic N) is 1. The Morgan fingerprint density at radius 3 is 2.43 bits per heavy atom. The molecule has 1 aliphatic heterocycles. The largest absolute Gasteiger partial charge is 0.444 e. The average Bonchev–Trinajstić information content (AvgIpc) is 2.84. The quantitative estimate of drug-likeness (QED) is 0.791. The number of hydrogen-bond donors (Lipinski definition) is 0. The lowest BCUT2D eigenvalue weighted by molar-refractivity contribution is 0.0223. The van der Waals surface area contributed by atoms with Gasteiger partial charge in [-0.3, -0.25) is 4.79 Å². The predicted octanol–water partition coefficient (Wildman–Crippen LogP) is 3.94. The van der Waals surface area contributed by atoms with Crippen molar-refractivity contribution >= 4 is 11.9 Å². The maximum absolute atomic E-state index is 13.7. The summed E-state index contributed by atoms with van der Waals surface area (Å²) < 4.78 is 32.7. The second kappa shape index (κ2) is 6.64. The van der Waals surface area contributed by atoms with Crippen molar-refractivity contribution in [3.63, 3.8) is 0 Å². The highest BCUT2D eigenvalue weighted by molar-refractivity contribution is 5.97. The minimum Gasteiger partial charge on any atom is -0.444 e. The Balaban J connectivity index is 2.09. The molecule has 1 unspecified atom stereocenters. The summed E-state index contributed by atoms with van der Waals surface area (Å²) in [5.41, 5.74) is -1.17. The van der Waals surface area contributed by atoms with Crippen molar-refractivity contribution in [3.05, 3.63) is 35.4 Å². The number of likely N-dealkylation sites (tertiary alicyclic amines) is 1. The van der Waals surface area contributed by atoms with E-state index in [2.05, 4.69) is 0 Å². The number of carbonyl (C=O) groups is 2. The smallest absolute Gasteiger partial charge is 0.410 e. The van der Waals surface area contributed by atoms with Crippen molar-refractivity contribution < 1.29 is 23.1 Å². The second-order valence-corrected chi connectivity index (χ2v) is 6.69. The van der Waals surface area contributed by atoms with Crippen LogP contribution in [-0.4, -0.2) is 35.0 Å². The first-order valence-electron chi connectivity index (χ1n) is 7.66. The lowest BCUT2D eigenvalue weighted by Gasteiger charge is -2.28. The molecule has 1 aromatic carbocycles. The van der Waals surface area contributed by atoms with E-state index in [1.54, 1.807) is 20.8 Å². The third-order valence-electron chi connectivity index (χ3n) is 3.67. The molecule has 0 bridgehead atoms. The number of hydrogen-bond acceptors (Lipinski definition) is 3. The molecule has 1 fully saturated rings. The number of amides is 1. The number of ether oxygens (including phenoxy) is 1. The molecule has 0 aromatic heterocycles. The van der Waals surface area contributed by atoms with Gasteiger partial charge in [0.25, 0.3) is 0 Å². The Bertz CT molecular complexity index is 590. The molecule has 1 atom stereocenters. The van der Waals surface area contributed by atoms with Gasteiger partial charge in [0.1, 0.15) is 17.2 Å². The number of halogens is 2. The van der Waals surface area contributed by atoms with Crippen LogP contribution in [0, 0.1) is 11.6 Å². The SMILES string of the molecule is CC(C)(C)OC(=O)N1CCCC1CC(=O)c1c(F)cccc1F. The second-order valence-electron chi connectivity index (χ2n) is 6.69. The third kappa shape index (κ3) is 4.27. The van der Waals surface area contributed by atoms with Gasteiger partial charge in [-0.1, -0.05) is 6.07 Å². The van der Waals surface area contributed by atoms with Crippen LogP contribution in [0.15, 0.2) is 18.2 Å². The van der Waals surface area contributed by atoms with Crippen LogP contribution in [0.5, 0.6) is 0 Å². The first-order valence-corrected chi connectivity index (χ1v) is 7.66. The molecule has 4 nitrogen and oxygen atoms in total. The van der Waals surface area contributed by atoms with Crippen molar-refractivity contribution in [2.75, 3.05) is 6.54 Å². The highest BCUT2D eigenvalue weighted by Crippen LogP contribution is 2.25. The van der Waals surface area contributed by atoms with Gasteiger partial charge in [-0.15, -0.1) is 0 Å². The highest BCUT2D eigenvalue weighted by atomic mass is 19.1. The van der Waals surface area contributed by atoms with Crippen molar-refractivity contribution in [1.29, 1.82) is 0 Å². The Morgan fingerprint density at radius 1 is 1.26 bits per heavy atom. The molecule has 0 saturated carbocycles. The number of ketones is 1. The van der Waals surface area contributed by atoms with E-state index in [1.807, 2.05) is 0 Å². The van der Waals surface area contributed by atoms with Gasteiger partial charge < -0.3 is 9.64 Å². The Hall–Kier alpha value is -1.98. The lowest BCUT2D eigenvalue weighted by Crippen LogP contribution is -2.40. The minimum atomic E-state index is -0.878. The maximum atomic E-state index is 13.7. The van der Waals surface area contributed by atoms with Crippen LogP contribution >= 0.6 is 0 Å². The fourth-order valence-electron chi connectivity index (χ4n) is 2.69. The molecule has 1 saturated heterocycles. The molecule has 6 heteroatoms. The lowest BCUT2D eigenvalue weighted by atomic mass is 10.0. The summed E-state index contributed by atoms with van der Waals surface area (Å²) in [7, 11) is 0. The molecule has 1 heterocycles. The predicted molar refractivity (Wildman–Crippen MR) is 81.3 cm³/mol. The van der Waals surface area contributed by atoms with Crippen molar-refractivity contribution in [2.45, 2.75) is 51.7 Å². The number of carbonyl (C=O) groups excluding carboxylic acids is 2. The standard InChI is InChI=1S/C17H21F2NO3/c1-17(2,3)23-16(22)20-9-5-6-11(20)10-14(21)15-12(18)7-4-8-13(15)19/h4,7-8,11H,5-6,9-10H2,1-3H3. The Labute approximate surface area is 134 Å². The van der Waals surface area contributed by atoms with E-state index in [0.29, 0.717) is 13.0 Å². The van der Waals surface area contributed by atoms with E-state index in [9.17, 15) is 18.4 Å². The van der Waals surface area contributed by atoms with Gasteiger partial charge in [-0.25, -0.2) is 13.6 Å². The molecule has 126 valence electrons. The molecule has 1 aromatic rings. The third-order valence-corrected chi connectivity index (χ3v) is 3.67. The topological polar surface area (TPSA) is 46.6 Å². The van der Waals surface area contributed by atoms with Gasteiger partial charge in [0.2, 0.25) is 0 Å². The van der Waals surface area contributed by atoms with Gasteiger partial charge >= 0.3 is 6.09 Å². The molecular formula is C17H21F2NO3. The van der Waals surface area contributed by atoms with Gasteiger partial charge in [-0.05, 0) is 45.7 Å². The molecule has 0 aliphatic carbocycles. The van der Waals surface area contributed by atoms with Gasteiger partial charge in [0.05, 0.1) is 5.56 Å². The van der Waals surface area contributed by atoms with E-state index in [-0.39, 0.29) is 6.42 Å². The average molecular weight is 325 g/mol. The van der Waals surface area contributed by atoms with E-state index in [0.717, 1.165) is 18.6 Å². The Morgan fingerprint density at radius 2 is 1.87 bits per heavy atom. The van der Waals surface area contributed by atoms with E-state index in [4.69, 9.17) is 4.74 Å². The van der Waals surface area contributed by atoms with Gasteiger partial charge in [0.15, 0.2) is 5.78 Å². The van der Waals surface area contributed by atoms with E-state index in [1.165, 1.54) is 11.0 Å². The number of rotatable bonds is 3. The fourth-order valence-corrected chi connectivity index (χ4v) is 2.69. The van der Waals surface area contributed by atoms with Crippen LogP contribution in [0.4, 0.5) is 13.6 Å². The van der Waals surface area contributed by atoms with Crippen molar-refractivity contribution in [2.24, 2.45) is 0 Å². The molecule has 0 spiro atoms. The molecule has 1 aliphatic rings. The monoisotopic (exact) mass is 325 g/mol. The van der Waals surface area contributed by atoms with Crippen LogP contribution in [0.1, 0.15) is 50.4 Å². The summed E-state index contributed by atoms with van der Waals surface area (Å²) in [6.45, 7) is 5.76. The zero-order valence-electron chi connectivity index (χ0n) is 13.6. The normalized spacial score (nSPS) is 18.1. The summed E-state index contributed by atoms with van der Waals surface area (Å²) >= 11 is 0. The van der Waals surface area contributed by atoms with Gasteiger partial charge in [-0.2, -0.15) is 0 Å².